The summed E-state index contributed by atoms with van der Waals surface area (Å²) in [6, 6.07) is 17.5. The van der Waals surface area contributed by atoms with Crippen LogP contribution in [0.3, 0.4) is 0 Å². The van der Waals surface area contributed by atoms with E-state index in [9.17, 15) is 4.79 Å². The highest BCUT2D eigenvalue weighted by Crippen LogP contribution is 2.38. The Hall–Kier alpha value is -3.23. The number of amides is 2. The monoisotopic (exact) mass is 506 g/mol. The van der Waals surface area contributed by atoms with Crippen molar-refractivity contribution in [2.24, 2.45) is 0 Å². The fourth-order valence-electron chi connectivity index (χ4n) is 3.69. The standard InChI is InChI=1S/C24H19BrN4O2S/c1-31-18-7-5-16(6-8-18)13-28-21-4-2-3-20(25)19(21)14-29(24(28)30)22-15-32-23(27-22)17-9-11-26-12-10-17/h2-12,15H,13-14H2,1H3. The number of ether oxygens (including phenoxy) is 1. The quantitative estimate of drug-likeness (QED) is 0.327. The number of hydrogen-bond donors (Lipinski definition) is 0. The maximum absolute atomic E-state index is 13.6. The van der Waals surface area contributed by atoms with Gasteiger partial charge in [0.25, 0.3) is 0 Å². The molecular formula is C24H19BrN4O2S. The summed E-state index contributed by atoms with van der Waals surface area (Å²) < 4.78 is 6.23. The summed E-state index contributed by atoms with van der Waals surface area (Å²) in [5, 5.41) is 2.79. The average Bonchev–Trinajstić information content (AvgIpc) is 3.32. The molecule has 0 bridgehead atoms. The van der Waals surface area contributed by atoms with Crippen molar-refractivity contribution in [2.45, 2.75) is 13.1 Å². The molecule has 1 aliphatic rings. The van der Waals surface area contributed by atoms with Crippen LogP contribution in [0, 0.1) is 0 Å². The molecule has 0 unspecified atom stereocenters. The van der Waals surface area contributed by atoms with Crippen LogP contribution in [0.4, 0.5) is 16.3 Å². The number of fused-ring (bicyclic) bond motifs is 1. The van der Waals surface area contributed by atoms with Crippen molar-refractivity contribution in [1.29, 1.82) is 0 Å². The molecule has 0 radical (unpaired) electrons. The van der Waals surface area contributed by atoms with Crippen LogP contribution >= 0.6 is 27.3 Å². The fourth-order valence-corrected chi connectivity index (χ4v) is 4.99. The van der Waals surface area contributed by atoms with Gasteiger partial charge in [-0.3, -0.25) is 14.8 Å². The second kappa shape index (κ2) is 8.72. The average molecular weight is 507 g/mol. The summed E-state index contributed by atoms with van der Waals surface area (Å²) in [7, 11) is 1.64. The van der Waals surface area contributed by atoms with Crippen LogP contribution in [0.1, 0.15) is 11.1 Å². The molecule has 2 amide bonds. The zero-order chi connectivity index (χ0) is 22.1. The second-order valence-electron chi connectivity index (χ2n) is 7.29. The lowest BCUT2D eigenvalue weighted by Crippen LogP contribution is -2.47. The van der Waals surface area contributed by atoms with E-state index in [1.165, 1.54) is 11.3 Å². The van der Waals surface area contributed by atoms with Gasteiger partial charge in [-0.05, 0) is 42.0 Å². The third-order valence-corrected chi connectivity index (χ3v) is 6.98. The minimum atomic E-state index is -0.0991. The minimum absolute atomic E-state index is 0.0991. The number of pyridine rings is 1. The fraction of sp³-hybridized carbons (Fsp3) is 0.125. The van der Waals surface area contributed by atoms with Crippen molar-refractivity contribution < 1.29 is 9.53 Å². The lowest BCUT2D eigenvalue weighted by molar-refractivity contribution is 0.249. The summed E-state index contributed by atoms with van der Waals surface area (Å²) in [4.78, 5) is 26.0. The first-order valence-electron chi connectivity index (χ1n) is 9.99. The van der Waals surface area contributed by atoms with Gasteiger partial charge in [0.15, 0.2) is 0 Å². The van der Waals surface area contributed by atoms with Crippen LogP contribution in [-0.4, -0.2) is 23.1 Å². The molecule has 2 aromatic heterocycles. The number of anilines is 2. The number of rotatable bonds is 5. The molecule has 3 heterocycles. The van der Waals surface area contributed by atoms with Gasteiger partial charge in [-0.1, -0.05) is 34.1 Å². The van der Waals surface area contributed by atoms with Crippen LogP contribution in [0.15, 0.2) is 76.8 Å². The summed E-state index contributed by atoms with van der Waals surface area (Å²) in [6.07, 6.45) is 3.48. The van der Waals surface area contributed by atoms with Gasteiger partial charge in [-0.15, -0.1) is 11.3 Å². The number of hydrogen-bond acceptors (Lipinski definition) is 5. The molecule has 5 rings (SSSR count). The van der Waals surface area contributed by atoms with Gasteiger partial charge in [0.05, 0.1) is 25.9 Å². The Labute approximate surface area is 198 Å². The van der Waals surface area contributed by atoms with E-state index in [4.69, 9.17) is 9.72 Å². The molecule has 4 aromatic rings. The predicted octanol–water partition coefficient (Wildman–Crippen LogP) is 6.12. The molecule has 0 saturated carbocycles. The topological polar surface area (TPSA) is 58.6 Å². The van der Waals surface area contributed by atoms with Crippen LogP contribution in [0.2, 0.25) is 0 Å². The number of halogens is 1. The number of carbonyl (C=O) groups excluding carboxylic acids is 1. The molecule has 0 aliphatic carbocycles. The van der Waals surface area contributed by atoms with Crippen molar-refractivity contribution in [3.63, 3.8) is 0 Å². The molecule has 32 heavy (non-hydrogen) atoms. The Kier molecular flexibility index (Phi) is 5.63. The van der Waals surface area contributed by atoms with Gasteiger partial charge in [-0.2, -0.15) is 0 Å². The Morgan fingerprint density at radius 2 is 1.88 bits per heavy atom. The molecule has 0 atom stereocenters. The molecular weight excluding hydrogens is 488 g/mol. The highest BCUT2D eigenvalue weighted by Gasteiger charge is 2.33. The zero-order valence-corrected chi connectivity index (χ0v) is 19.6. The normalized spacial score (nSPS) is 13.2. The van der Waals surface area contributed by atoms with Crippen molar-refractivity contribution in [1.82, 2.24) is 9.97 Å². The van der Waals surface area contributed by atoms with Gasteiger partial charge in [0.1, 0.15) is 16.6 Å². The highest BCUT2D eigenvalue weighted by atomic mass is 79.9. The van der Waals surface area contributed by atoms with Crippen LogP contribution in [-0.2, 0) is 13.1 Å². The van der Waals surface area contributed by atoms with E-state index in [1.54, 1.807) is 29.3 Å². The summed E-state index contributed by atoms with van der Waals surface area (Å²) >= 11 is 5.19. The number of nitrogens with zero attached hydrogens (tertiary/aromatic N) is 4. The van der Waals surface area contributed by atoms with Crippen molar-refractivity contribution in [3.8, 4) is 16.3 Å². The molecule has 0 saturated heterocycles. The molecule has 0 fully saturated rings. The maximum Gasteiger partial charge on any atom is 0.330 e. The third-order valence-electron chi connectivity index (χ3n) is 5.36. The number of benzene rings is 2. The summed E-state index contributed by atoms with van der Waals surface area (Å²) in [5.41, 5.74) is 3.96. The lowest BCUT2D eigenvalue weighted by atomic mass is 10.1. The number of carbonyl (C=O) groups is 1. The van der Waals surface area contributed by atoms with E-state index in [-0.39, 0.29) is 6.03 Å². The predicted molar refractivity (Wildman–Crippen MR) is 130 cm³/mol. The van der Waals surface area contributed by atoms with Crippen LogP contribution < -0.4 is 14.5 Å². The van der Waals surface area contributed by atoms with Crippen molar-refractivity contribution >= 4 is 44.8 Å². The zero-order valence-electron chi connectivity index (χ0n) is 17.2. The first-order valence-corrected chi connectivity index (χ1v) is 11.7. The minimum Gasteiger partial charge on any atom is -0.497 e. The van der Waals surface area contributed by atoms with E-state index in [0.29, 0.717) is 18.9 Å². The molecule has 8 heteroatoms. The Bertz CT molecular complexity index is 1260. The second-order valence-corrected chi connectivity index (χ2v) is 9.00. The largest absolute Gasteiger partial charge is 0.497 e. The Morgan fingerprint density at radius 1 is 1.09 bits per heavy atom. The molecule has 2 aromatic carbocycles. The van der Waals surface area contributed by atoms with Crippen molar-refractivity contribution in [3.05, 3.63) is 88.0 Å². The smallest absolute Gasteiger partial charge is 0.330 e. The van der Waals surface area contributed by atoms with E-state index in [2.05, 4.69) is 20.9 Å². The molecule has 1 aliphatic heterocycles. The molecule has 0 N–H and O–H groups in total. The maximum atomic E-state index is 13.6. The van der Waals surface area contributed by atoms with Crippen LogP contribution in [0.5, 0.6) is 5.75 Å². The number of thiazole rings is 1. The number of urea groups is 1. The van der Waals surface area contributed by atoms with Gasteiger partial charge in [0, 0.05) is 33.4 Å². The molecule has 6 nitrogen and oxygen atoms in total. The first kappa shape index (κ1) is 20.7. The van der Waals surface area contributed by atoms with E-state index >= 15 is 0 Å². The van der Waals surface area contributed by atoms with Crippen molar-refractivity contribution in [2.75, 3.05) is 16.9 Å². The van der Waals surface area contributed by atoms with Gasteiger partial charge in [-0.25, -0.2) is 9.78 Å². The van der Waals surface area contributed by atoms with E-state index in [0.717, 1.165) is 37.6 Å². The van der Waals surface area contributed by atoms with E-state index in [1.807, 2.05) is 60.0 Å². The summed E-state index contributed by atoms with van der Waals surface area (Å²) in [5.74, 6) is 1.43. The molecule has 160 valence electrons. The van der Waals surface area contributed by atoms with E-state index < -0.39 is 0 Å². The molecule has 0 spiro atoms. The first-order chi connectivity index (χ1) is 15.6. The third kappa shape index (κ3) is 3.87. The van der Waals surface area contributed by atoms with Gasteiger partial charge >= 0.3 is 6.03 Å². The van der Waals surface area contributed by atoms with Gasteiger partial charge in [0.2, 0.25) is 0 Å². The summed E-state index contributed by atoms with van der Waals surface area (Å²) in [6.45, 7) is 0.901. The Balaban J connectivity index is 1.51. The van der Waals surface area contributed by atoms with Crippen LogP contribution in [0.25, 0.3) is 10.6 Å². The number of aromatic nitrogens is 2. The number of methoxy groups -OCH3 is 1. The SMILES string of the molecule is COc1ccc(CN2C(=O)N(c3csc(-c4ccncc4)n3)Cc3c(Br)cccc32)cc1. The lowest BCUT2D eigenvalue weighted by Gasteiger charge is -2.36. The highest BCUT2D eigenvalue weighted by molar-refractivity contribution is 9.10. The van der Waals surface area contributed by atoms with Gasteiger partial charge < -0.3 is 4.74 Å². The Morgan fingerprint density at radius 3 is 2.62 bits per heavy atom.